The standard InChI is InChI=1S/C9H10ClNO/c10-7-2-1-6-4-11-9(5-12)8(6)3-7/h1-3,9,11-12H,4-5H2/t9-/m0/s1. The molecule has 2 rings (SSSR count). The van der Waals surface area contributed by atoms with Gasteiger partial charge in [0, 0.05) is 11.6 Å². The van der Waals surface area contributed by atoms with E-state index in [1.807, 2.05) is 18.2 Å². The van der Waals surface area contributed by atoms with Gasteiger partial charge >= 0.3 is 0 Å². The summed E-state index contributed by atoms with van der Waals surface area (Å²) in [4.78, 5) is 0. The van der Waals surface area contributed by atoms with E-state index < -0.39 is 0 Å². The average Bonchev–Trinajstić information content (AvgIpc) is 2.46. The number of aliphatic hydroxyl groups excluding tert-OH is 1. The van der Waals surface area contributed by atoms with E-state index in [1.165, 1.54) is 5.56 Å². The minimum atomic E-state index is 0.0682. The van der Waals surface area contributed by atoms with Crippen molar-refractivity contribution in [2.75, 3.05) is 6.61 Å². The molecule has 0 unspecified atom stereocenters. The van der Waals surface area contributed by atoms with Crippen LogP contribution >= 0.6 is 11.6 Å². The molecule has 1 aromatic rings. The summed E-state index contributed by atoms with van der Waals surface area (Å²) < 4.78 is 0. The van der Waals surface area contributed by atoms with Gasteiger partial charge in [0.25, 0.3) is 0 Å². The molecule has 0 bridgehead atoms. The molecule has 0 amide bonds. The summed E-state index contributed by atoms with van der Waals surface area (Å²) in [6, 6.07) is 5.86. The normalized spacial score (nSPS) is 21.0. The molecule has 12 heavy (non-hydrogen) atoms. The molecular formula is C9H10ClNO. The molecule has 0 fully saturated rings. The SMILES string of the molecule is OC[C@@H]1NCc2ccc(Cl)cc21. The van der Waals surface area contributed by atoms with Crippen molar-refractivity contribution in [2.24, 2.45) is 0 Å². The van der Waals surface area contributed by atoms with Gasteiger partial charge in [0.15, 0.2) is 0 Å². The molecule has 1 aromatic carbocycles. The van der Waals surface area contributed by atoms with Gasteiger partial charge in [-0.25, -0.2) is 0 Å². The Bertz CT molecular complexity index is 301. The van der Waals surface area contributed by atoms with Crippen molar-refractivity contribution in [1.82, 2.24) is 5.32 Å². The number of aliphatic hydroxyl groups is 1. The lowest BCUT2D eigenvalue weighted by molar-refractivity contribution is 0.251. The first-order valence-corrected chi connectivity index (χ1v) is 4.31. The number of halogens is 1. The van der Waals surface area contributed by atoms with E-state index in [1.54, 1.807) is 0 Å². The van der Waals surface area contributed by atoms with Gasteiger partial charge in [-0.1, -0.05) is 17.7 Å². The molecule has 64 valence electrons. The van der Waals surface area contributed by atoms with Crippen LogP contribution in [0.5, 0.6) is 0 Å². The zero-order chi connectivity index (χ0) is 8.55. The average molecular weight is 184 g/mol. The Kier molecular flexibility index (Phi) is 2.05. The van der Waals surface area contributed by atoms with Crippen LogP contribution in [0.15, 0.2) is 18.2 Å². The largest absolute Gasteiger partial charge is 0.394 e. The van der Waals surface area contributed by atoms with E-state index in [2.05, 4.69) is 5.32 Å². The van der Waals surface area contributed by atoms with Crippen LogP contribution in [-0.4, -0.2) is 11.7 Å². The van der Waals surface area contributed by atoms with Crippen LogP contribution in [0.4, 0.5) is 0 Å². The Morgan fingerprint density at radius 1 is 1.58 bits per heavy atom. The van der Waals surface area contributed by atoms with Gasteiger partial charge in [-0.05, 0) is 23.3 Å². The van der Waals surface area contributed by atoms with Crippen LogP contribution in [0.25, 0.3) is 0 Å². The third-order valence-electron chi connectivity index (χ3n) is 2.20. The summed E-state index contributed by atoms with van der Waals surface area (Å²) in [5.41, 5.74) is 2.36. The smallest absolute Gasteiger partial charge is 0.0626 e. The van der Waals surface area contributed by atoms with Gasteiger partial charge in [0.05, 0.1) is 12.6 Å². The number of benzene rings is 1. The van der Waals surface area contributed by atoms with Crippen LogP contribution in [0.1, 0.15) is 17.2 Å². The van der Waals surface area contributed by atoms with Crippen molar-refractivity contribution in [3.05, 3.63) is 34.3 Å². The molecule has 1 heterocycles. The molecule has 3 heteroatoms. The van der Waals surface area contributed by atoms with Crippen LogP contribution < -0.4 is 5.32 Å². The Hall–Kier alpha value is -0.570. The molecule has 2 N–H and O–H groups in total. The minimum absolute atomic E-state index is 0.0682. The molecule has 0 aromatic heterocycles. The minimum Gasteiger partial charge on any atom is -0.394 e. The lowest BCUT2D eigenvalue weighted by Crippen LogP contribution is -2.15. The highest BCUT2D eigenvalue weighted by Crippen LogP contribution is 2.27. The Morgan fingerprint density at radius 3 is 3.17 bits per heavy atom. The summed E-state index contributed by atoms with van der Waals surface area (Å²) >= 11 is 5.84. The van der Waals surface area contributed by atoms with Crippen molar-refractivity contribution in [3.8, 4) is 0 Å². The number of fused-ring (bicyclic) bond motifs is 1. The molecule has 1 aliphatic heterocycles. The zero-order valence-corrected chi connectivity index (χ0v) is 7.30. The van der Waals surface area contributed by atoms with Crippen molar-refractivity contribution < 1.29 is 5.11 Å². The second kappa shape index (κ2) is 3.05. The van der Waals surface area contributed by atoms with Gasteiger partial charge < -0.3 is 10.4 Å². The summed E-state index contributed by atoms with van der Waals surface area (Å²) in [5, 5.41) is 12.9. The summed E-state index contributed by atoms with van der Waals surface area (Å²) in [6.45, 7) is 0.963. The van der Waals surface area contributed by atoms with E-state index in [4.69, 9.17) is 16.7 Å². The van der Waals surface area contributed by atoms with Crippen LogP contribution in [0, 0.1) is 0 Å². The summed E-state index contributed by atoms with van der Waals surface area (Å²) in [5.74, 6) is 0. The van der Waals surface area contributed by atoms with Crippen molar-refractivity contribution >= 4 is 11.6 Å². The van der Waals surface area contributed by atoms with Crippen molar-refractivity contribution in [2.45, 2.75) is 12.6 Å². The maximum absolute atomic E-state index is 9.00. The molecule has 0 saturated carbocycles. The van der Waals surface area contributed by atoms with E-state index in [0.717, 1.165) is 17.1 Å². The van der Waals surface area contributed by atoms with E-state index in [9.17, 15) is 0 Å². The van der Waals surface area contributed by atoms with E-state index >= 15 is 0 Å². The van der Waals surface area contributed by atoms with Gasteiger partial charge in [0.1, 0.15) is 0 Å². The topological polar surface area (TPSA) is 32.3 Å². The fourth-order valence-electron chi connectivity index (χ4n) is 1.56. The second-order valence-electron chi connectivity index (χ2n) is 2.96. The van der Waals surface area contributed by atoms with Crippen molar-refractivity contribution in [3.63, 3.8) is 0 Å². The molecule has 0 spiro atoms. The predicted molar refractivity (Wildman–Crippen MR) is 48.1 cm³/mol. The number of nitrogens with one attached hydrogen (secondary N) is 1. The highest BCUT2D eigenvalue weighted by molar-refractivity contribution is 6.30. The molecule has 0 radical (unpaired) electrons. The Morgan fingerprint density at radius 2 is 2.42 bits per heavy atom. The van der Waals surface area contributed by atoms with Crippen LogP contribution in [0.2, 0.25) is 5.02 Å². The quantitative estimate of drug-likeness (QED) is 0.691. The number of hydrogen-bond donors (Lipinski definition) is 2. The number of rotatable bonds is 1. The van der Waals surface area contributed by atoms with E-state index in [-0.39, 0.29) is 12.6 Å². The van der Waals surface area contributed by atoms with Crippen LogP contribution in [-0.2, 0) is 6.54 Å². The maximum Gasteiger partial charge on any atom is 0.0626 e. The first-order valence-electron chi connectivity index (χ1n) is 3.94. The van der Waals surface area contributed by atoms with Gasteiger partial charge in [-0.15, -0.1) is 0 Å². The first-order chi connectivity index (χ1) is 5.81. The fourth-order valence-corrected chi connectivity index (χ4v) is 1.74. The molecule has 0 saturated heterocycles. The van der Waals surface area contributed by atoms with Crippen molar-refractivity contribution in [1.29, 1.82) is 0 Å². The predicted octanol–water partition coefficient (Wildman–Crippen LogP) is 1.48. The zero-order valence-electron chi connectivity index (χ0n) is 6.55. The van der Waals surface area contributed by atoms with Gasteiger partial charge in [0.2, 0.25) is 0 Å². The highest BCUT2D eigenvalue weighted by atomic mass is 35.5. The van der Waals surface area contributed by atoms with Gasteiger partial charge in [-0.2, -0.15) is 0 Å². The molecule has 1 atom stereocenters. The monoisotopic (exact) mass is 183 g/mol. The van der Waals surface area contributed by atoms with Crippen LogP contribution in [0.3, 0.4) is 0 Å². The third kappa shape index (κ3) is 1.22. The Balaban J connectivity index is 2.42. The lowest BCUT2D eigenvalue weighted by Gasteiger charge is -2.07. The Labute approximate surface area is 76.2 Å². The highest BCUT2D eigenvalue weighted by Gasteiger charge is 2.20. The maximum atomic E-state index is 9.00. The lowest BCUT2D eigenvalue weighted by atomic mass is 10.1. The molecule has 1 aliphatic rings. The van der Waals surface area contributed by atoms with E-state index in [0.29, 0.717) is 0 Å². The summed E-state index contributed by atoms with van der Waals surface area (Å²) in [6.07, 6.45) is 0. The summed E-state index contributed by atoms with van der Waals surface area (Å²) in [7, 11) is 0. The van der Waals surface area contributed by atoms with Gasteiger partial charge in [-0.3, -0.25) is 0 Å². The molecule has 0 aliphatic carbocycles. The second-order valence-corrected chi connectivity index (χ2v) is 3.40. The molecule has 2 nitrogen and oxygen atoms in total. The number of hydrogen-bond acceptors (Lipinski definition) is 2. The first kappa shape index (κ1) is 8.05. The third-order valence-corrected chi connectivity index (χ3v) is 2.44. The molecular weight excluding hydrogens is 174 g/mol. The fraction of sp³-hybridized carbons (Fsp3) is 0.333.